The van der Waals surface area contributed by atoms with E-state index in [1.54, 1.807) is 0 Å². The number of aromatic nitrogens is 4. The highest BCUT2D eigenvalue weighted by atomic mass is 15.4. The van der Waals surface area contributed by atoms with Crippen LogP contribution in [-0.4, -0.2) is 19.8 Å². The van der Waals surface area contributed by atoms with Crippen molar-refractivity contribution >= 4 is 5.65 Å². The van der Waals surface area contributed by atoms with Gasteiger partial charge in [-0.1, -0.05) is 57.0 Å². The van der Waals surface area contributed by atoms with E-state index in [4.69, 9.17) is 5.10 Å². The molecule has 0 spiro atoms. The van der Waals surface area contributed by atoms with Gasteiger partial charge in [-0.05, 0) is 25.3 Å². The zero-order valence-corrected chi connectivity index (χ0v) is 14.0. The maximum Gasteiger partial charge on any atom is 0.181 e. The van der Waals surface area contributed by atoms with E-state index < -0.39 is 0 Å². The van der Waals surface area contributed by atoms with Crippen LogP contribution in [0, 0.1) is 0 Å². The molecule has 23 heavy (non-hydrogen) atoms. The third-order valence-electron chi connectivity index (χ3n) is 4.13. The molecule has 0 fully saturated rings. The van der Waals surface area contributed by atoms with Crippen LogP contribution in [0.4, 0.5) is 0 Å². The highest BCUT2D eigenvalue weighted by molar-refractivity contribution is 5.62. The number of hydrogen-bond donors (Lipinski definition) is 0. The van der Waals surface area contributed by atoms with E-state index in [1.165, 1.54) is 12.0 Å². The number of fused-ring (bicyclic) bond motifs is 1. The van der Waals surface area contributed by atoms with E-state index in [0.29, 0.717) is 0 Å². The highest BCUT2D eigenvalue weighted by Crippen LogP contribution is 2.22. The van der Waals surface area contributed by atoms with Crippen molar-refractivity contribution in [3.8, 4) is 11.3 Å². The Kier molecular flexibility index (Phi) is 5.01. The summed E-state index contributed by atoms with van der Waals surface area (Å²) in [6.45, 7) is 4.41. The Hall–Kier alpha value is -2.23. The summed E-state index contributed by atoms with van der Waals surface area (Å²) >= 11 is 0. The number of benzene rings is 1. The number of aryl methyl sites for hydroxylation is 2. The largest absolute Gasteiger partial charge is 0.196 e. The summed E-state index contributed by atoms with van der Waals surface area (Å²) in [5.74, 6) is 0.970. The molecule has 1 aromatic carbocycles. The molecule has 2 aromatic heterocycles. The van der Waals surface area contributed by atoms with E-state index in [1.807, 2.05) is 10.6 Å². The zero-order valence-electron chi connectivity index (χ0n) is 14.0. The van der Waals surface area contributed by atoms with Gasteiger partial charge in [0.1, 0.15) is 0 Å². The number of nitrogens with zero attached hydrogens (tertiary/aromatic N) is 4. The molecule has 0 aliphatic rings. The monoisotopic (exact) mass is 308 g/mol. The van der Waals surface area contributed by atoms with Gasteiger partial charge in [-0.15, -0.1) is 10.2 Å². The van der Waals surface area contributed by atoms with E-state index in [-0.39, 0.29) is 0 Å². The van der Waals surface area contributed by atoms with Crippen LogP contribution in [0.5, 0.6) is 0 Å². The predicted molar refractivity (Wildman–Crippen MR) is 93.4 cm³/mol. The quantitative estimate of drug-likeness (QED) is 0.646. The molecule has 3 aromatic rings. The van der Waals surface area contributed by atoms with Crippen LogP contribution in [0.3, 0.4) is 0 Å². The van der Waals surface area contributed by atoms with Crippen LogP contribution in [0.15, 0.2) is 36.4 Å². The molecule has 0 radical (unpaired) electrons. The summed E-state index contributed by atoms with van der Waals surface area (Å²) in [5, 5.41) is 13.6. The minimum atomic E-state index is 0.921. The van der Waals surface area contributed by atoms with Gasteiger partial charge in [0.25, 0.3) is 0 Å². The molecular weight excluding hydrogens is 284 g/mol. The molecule has 0 saturated carbocycles. The third kappa shape index (κ3) is 3.41. The Morgan fingerprint density at radius 2 is 1.65 bits per heavy atom. The van der Waals surface area contributed by atoms with Crippen LogP contribution in [0.2, 0.25) is 0 Å². The first-order valence-electron chi connectivity index (χ1n) is 8.63. The van der Waals surface area contributed by atoms with Crippen LogP contribution >= 0.6 is 0 Å². The van der Waals surface area contributed by atoms with Crippen LogP contribution in [0.25, 0.3) is 16.9 Å². The molecule has 0 aliphatic carbocycles. The Balaban J connectivity index is 2.09. The van der Waals surface area contributed by atoms with Crippen molar-refractivity contribution in [1.29, 1.82) is 0 Å². The SMILES string of the molecule is CCCCc1cc(-c2ccccc2)nn2c(CCCC)nnc12. The summed E-state index contributed by atoms with van der Waals surface area (Å²) in [7, 11) is 0. The zero-order chi connectivity index (χ0) is 16.1. The number of unbranched alkanes of at least 4 members (excludes halogenated alkanes) is 2. The second-order valence-electron chi connectivity index (χ2n) is 5.98. The van der Waals surface area contributed by atoms with Crippen molar-refractivity contribution in [3.63, 3.8) is 0 Å². The maximum absolute atomic E-state index is 4.82. The van der Waals surface area contributed by atoms with Gasteiger partial charge in [0.15, 0.2) is 11.5 Å². The minimum absolute atomic E-state index is 0.921. The molecular formula is C19H24N4. The Morgan fingerprint density at radius 3 is 2.39 bits per heavy atom. The van der Waals surface area contributed by atoms with E-state index >= 15 is 0 Å². The molecule has 0 N–H and O–H groups in total. The van der Waals surface area contributed by atoms with Crippen molar-refractivity contribution in [2.45, 2.75) is 52.4 Å². The van der Waals surface area contributed by atoms with Crippen molar-refractivity contribution in [3.05, 3.63) is 47.8 Å². The Morgan fingerprint density at radius 1 is 0.913 bits per heavy atom. The van der Waals surface area contributed by atoms with E-state index in [9.17, 15) is 0 Å². The molecule has 3 rings (SSSR count). The van der Waals surface area contributed by atoms with Gasteiger partial charge >= 0.3 is 0 Å². The molecule has 0 aliphatic heterocycles. The average Bonchev–Trinajstić information content (AvgIpc) is 3.01. The molecule has 4 nitrogen and oxygen atoms in total. The van der Waals surface area contributed by atoms with Gasteiger partial charge in [-0.2, -0.15) is 9.61 Å². The lowest BCUT2D eigenvalue weighted by Gasteiger charge is -2.08. The molecule has 2 heterocycles. The summed E-state index contributed by atoms with van der Waals surface area (Å²) in [4.78, 5) is 0. The minimum Gasteiger partial charge on any atom is -0.196 e. The summed E-state index contributed by atoms with van der Waals surface area (Å²) < 4.78 is 1.96. The van der Waals surface area contributed by atoms with Gasteiger partial charge in [-0.25, -0.2) is 0 Å². The summed E-state index contributed by atoms with van der Waals surface area (Å²) in [6.07, 6.45) is 6.54. The van der Waals surface area contributed by atoms with Gasteiger partial charge in [0.2, 0.25) is 0 Å². The maximum atomic E-state index is 4.82. The summed E-state index contributed by atoms with van der Waals surface area (Å²) in [6, 6.07) is 12.5. The number of rotatable bonds is 7. The van der Waals surface area contributed by atoms with Gasteiger partial charge < -0.3 is 0 Å². The van der Waals surface area contributed by atoms with Crippen molar-refractivity contribution in [2.24, 2.45) is 0 Å². The lowest BCUT2D eigenvalue weighted by Crippen LogP contribution is -2.04. The molecule has 0 unspecified atom stereocenters. The fraction of sp³-hybridized carbons (Fsp3) is 0.421. The predicted octanol–water partition coefficient (Wildman–Crippen LogP) is 4.48. The van der Waals surface area contributed by atoms with Crippen LogP contribution in [-0.2, 0) is 12.8 Å². The molecule has 0 amide bonds. The van der Waals surface area contributed by atoms with Gasteiger partial charge in [0.05, 0.1) is 5.69 Å². The smallest absolute Gasteiger partial charge is 0.181 e. The Bertz CT molecular complexity index is 762. The first kappa shape index (κ1) is 15.7. The molecule has 0 saturated heterocycles. The fourth-order valence-corrected chi connectivity index (χ4v) is 2.78. The lowest BCUT2D eigenvalue weighted by molar-refractivity contribution is 0.717. The molecule has 120 valence electrons. The fourth-order valence-electron chi connectivity index (χ4n) is 2.78. The number of hydrogen-bond acceptors (Lipinski definition) is 3. The molecule has 4 heteroatoms. The first-order valence-corrected chi connectivity index (χ1v) is 8.63. The standard InChI is InChI=1S/C19H24N4/c1-3-5-10-16-14-17(15-11-8-7-9-12-15)22-23-18(13-6-4-2)20-21-19(16)23/h7-9,11-12,14H,3-6,10,13H2,1-2H3. The molecule has 0 atom stereocenters. The van der Waals surface area contributed by atoms with Crippen LogP contribution in [0.1, 0.15) is 50.9 Å². The summed E-state index contributed by atoms with van der Waals surface area (Å²) in [5.41, 5.74) is 4.31. The average molecular weight is 308 g/mol. The second-order valence-corrected chi connectivity index (χ2v) is 5.98. The third-order valence-corrected chi connectivity index (χ3v) is 4.13. The topological polar surface area (TPSA) is 43.1 Å². The first-order chi connectivity index (χ1) is 11.3. The van der Waals surface area contributed by atoms with Crippen molar-refractivity contribution < 1.29 is 0 Å². The molecule has 0 bridgehead atoms. The van der Waals surface area contributed by atoms with E-state index in [0.717, 1.165) is 54.8 Å². The van der Waals surface area contributed by atoms with Crippen molar-refractivity contribution in [1.82, 2.24) is 19.8 Å². The van der Waals surface area contributed by atoms with Gasteiger partial charge in [0, 0.05) is 17.5 Å². The lowest BCUT2D eigenvalue weighted by atomic mass is 10.1. The van der Waals surface area contributed by atoms with E-state index in [2.05, 4.69) is 54.4 Å². The normalized spacial score (nSPS) is 11.2. The highest BCUT2D eigenvalue weighted by Gasteiger charge is 2.13. The van der Waals surface area contributed by atoms with Gasteiger partial charge in [-0.3, -0.25) is 0 Å². The Labute approximate surface area is 137 Å². The second kappa shape index (κ2) is 7.36. The van der Waals surface area contributed by atoms with Crippen molar-refractivity contribution in [2.75, 3.05) is 0 Å². The van der Waals surface area contributed by atoms with Crippen LogP contribution < -0.4 is 0 Å².